The second-order valence-electron chi connectivity index (χ2n) is 15.2. The highest BCUT2D eigenvalue weighted by atomic mass is 32.1. The lowest BCUT2D eigenvalue weighted by Crippen LogP contribution is -2.10. The molecule has 0 radical (unpaired) electrons. The number of benzene rings is 10. The van der Waals surface area contributed by atoms with Gasteiger partial charge in [0.2, 0.25) is 0 Å². The lowest BCUT2D eigenvalue weighted by atomic mass is 9.93. The monoisotopic (exact) mass is 769 g/mol. The number of fused-ring (bicyclic) bond motifs is 9. The molecule has 0 unspecified atom stereocenters. The van der Waals surface area contributed by atoms with Crippen LogP contribution in [0.2, 0.25) is 0 Å². The highest BCUT2D eigenvalue weighted by Gasteiger charge is 2.20. The standard InChI is InChI=1S/C56H35NOS/c1-2-12-37(13-3-1)44-19-10-20-49-50-21-11-22-52(56(50)59-55(44)49)57(41-29-24-36(25-30-41)39-28-33-48-47-18-8-9-23-53(47)58-54(48)35-39)42-31-26-38(27-32-42)51-34-40-14-4-5-15-43(40)45-16-6-7-17-46(45)51/h1-35H. The first kappa shape index (κ1) is 33.7. The van der Waals surface area contributed by atoms with Gasteiger partial charge in [-0.15, -0.1) is 11.3 Å². The van der Waals surface area contributed by atoms with Crippen molar-refractivity contribution >= 4 is 92.1 Å². The Labute approximate surface area is 345 Å². The van der Waals surface area contributed by atoms with E-state index in [9.17, 15) is 0 Å². The molecule has 3 heteroatoms. The second kappa shape index (κ2) is 13.6. The van der Waals surface area contributed by atoms with Gasteiger partial charge in [-0.2, -0.15) is 0 Å². The van der Waals surface area contributed by atoms with E-state index in [1.54, 1.807) is 0 Å². The van der Waals surface area contributed by atoms with Crippen molar-refractivity contribution in [2.24, 2.45) is 0 Å². The molecule has 12 rings (SSSR count). The van der Waals surface area contributed by atoms with Crippen LogP contribution in [0.15, 0.2) is 217 Å². The topological polar surface area (TPSA) is 16.4 Å². The fourth-order valence-electron chi connectivity index (χ4n) is 9.05. The largest absolute Gasteiger partial charge is 0.456 e. The molecular formula is C56H35NOS. The van der Waals surface area contributed by atoms with Crippen LogP contribution in [-0.4, -0.2) is 0 Å². The lowest BCUT2D eigenvalue weighted by molar-refractivity contribution is 0.669. The fraction of sp³-hybridized carbons (Fsp3) is 0. The van der Waals surface area contributed by atoms with Crippen molar-refractivity contribution in [2.45, 2.75) is 0 Å². The molecular weight excluding hydrogens is 735 g/mol. The van der Waals surface area contributed by atoms with Crippen molar-refractivity contribution in [3.63, 3.8) is 0 Å². The van der Waals surface area contributed by atoms with Crippen molar-refractivity contribution < 1.29 is 4.42 Å². The zero-order valence-electron chi connectivity index (χ0n) is 32.0. The number of para-hydroxylation sites is 1. The van der Waals surface area contributed by atoms with Gasteiger partial charge in [0.25, 0.3) is 0 Å². The van der Waals surface area contributed by atoms with Gasteiger partial charge in [-0.1, -0.05) is 158 Å². The number of thiophene rings is 1. The van der Waals surface area contributed by atoms with E-state index in [-0.39, 0.29) is 0 Å². The minimum atomic E-state index is 0.903. The van der Waals surface area contributed by atoms with Crippen molar-refractivity contribution in [3.8, 4) is 33.4 Å². The van der Waals surface area contributed by atoms with Crippen LogP contribution in [0.5, 0.6) is 0 Å². The molecule has 0 aliphatic rings. The molecule has 0 atom stereocenters. The molecule has 2 nitrogen and oxygen atoms in total. The maximum atomic E-state index is 6.27. The number of rotatable bonds is 6. The molecule has 0 amide bonds. The molecule has 0 saturated carbocycles. The first-order valence-electron chi connectivity index (χ1n) is 20.1. The Bertz CT molecular complexity index is 3540. The number of hydrogen-bond acceptors (Lipinski definition) is 3. The van der Waals surface area contributed by atoms with E-state index in [1.807, 2.05) is 23.5 Å². The van der Waals surface area contributed by atoms with E-state index in [0.29, 0.717) is 0 Å². The summed E-state index contributed by atoms with van der Waals surface area (Å²) < 4.78 is 8.83. The van der Waals surface area contributed by atoms with Crippen LogP contribution >= 0.6 is 11.3 Å². The number of nitrogens with zero attached hydrogens (tertiary/aromatic N) is 1. The van der Waals surface area contributed by atoms with E-state index in [4.69, 9.17) is 4.42 Å². The van der Waals surface area contributed by atoms with Gasteiger partial charge in [0.05, 0.1) is 10.4 Å². The third-order valence-electron chi connectivity index (χ3n) is 11.9. The SMILES string of the molecule is c1ccc(-c2cccc3c2sc2c(N(c4ccc(-c5ccc6c(c5)oc5ccccc56)cc4)c4ccc(-c5cc6ccccc6c6ccccc56)cc4)cccc23)cc1. The van der Waals surface area contributed by atoms with Gasteiger partial charge < -0.3 is 9.32 Å². The molecule has 10 aromatic carbocycles. The second-order valence-corrected chi connectivity index (χ2v) is 16.3. The number of hydrogen-bond donors (Lipinski definition) is 0. The number of furan rings is 1. The van der Waals surface area contributed by atoms with Crippen LogP contribution < -0.4 is 4.90 Å². The Kier molecular flexibility index (Phi) is 7.75. The summed E-state index contributed by atoms with van der Waals surface area (Å²) in [4.78, 5) is 2.43. The summed E-state index contributed by atoms with van der Waals surface area (Å²) in [7, 11) is 0. The minimum absolute atomic E-state index is 0.903. The molecule has 59 heavy (non-hydrogen) atoms. The first-order valence-corrected chi connectivity index (χ1v) is 20.9. The smallest absolute Gasteiger partial charge is 0.136 e. The zero-order valence-corrected chi connectivity index (χ0v) is 32.8. The Balaban J connectivity index is 1.01. The summed E-state index contributed by atoms with van der Waals surface area (Å²) >= 11 is 1.88. The van der Waals surface area contributed by atoms with Crippen LogP contribution in [0.4, 0.5) is 17.1 Å². The van der Waals surface area contributed by atoms with Crippen LogP contribution in [-0.2, 0) is 0 Å². The van der Waals surface area contributed by atoms with Crippen LogP contribution in [0.3, 0.4) is 0 Å². The molecule has 0 bridgehead atoms. The molecule has 0 N–H and O–H groups in total. The summed E-state index contributed by atoms with van der Waals surface area (Å²) in [5, 5.41) is 9.89. The zero-order chi connectivity index (χ0) is 38.9. The number of anilines is 3. The summed E-state index contributed by atoms with van der Waals surface area (Å²) in [5.41, 5.74) is 12.4. The quantitative estimate of drug-likeness (QED) is 0.157. The van der Waals surface area contributed by atoms with E-state index in [0.717, 1.165) is 50.1 Å². The molecule has 2 aromatic heterocycles. The summed E-state index contributed by atoms with van der Waals surface area (Å²) in [5.74, 6) is 0. The molecule has 0 saturated heterocycles. The van der Waals surface area contributed by atoms with Gasteiger partial charge in [0.1, 0.15) is 11.2 Å². The van der Waals surface area contributed by atoms with Crippen LogP contribution in [0, 0.1) is 0 Å². The predicted molar refractivity (Wildman–Crippen MR) is 253 cm³/mol. The maximum absolute atomic E-state index is 6.27. The third-order valence-corrected chi connectivity index (χ3v) is 13.1. The Morgan fingerprint density at radius 2 is 0.898 bits per heavy atom. The van der Waals surface area contributed by atoms with Crippen molar-refractivity contribution in [2.75, 3.05) is 4.90 Å². The van der Waals surface area contributed by atoms with Crippen molar-refractivity contribution in [3.05, 3.63) is 212 Å². The first-order chi connectivity index (χ1) is 29.2. The van der Waals surface area contributed by atoms with Gasteiger partial charge in [0.15, 0.2) is 0 Å². The molecule has 0 aliphatic heterocycles. The van der Waals surface area contributed by atoms with Crippen molar-refractivity contribution in [1.82, 2.24) is 0 Å². The lowest BCUT2D eigenvalue weighted by Gasteiger charge is -2.26. The van der Waals surface area contributed by atoms with Gasteiger partial charge in [0, 0.05) is 37.6 Å². The average molecular weight is 770 g/mol. The molecule has 12 aromatic rings. The van der Waals surface area contributed by atoms with Gasteiger partial charge in [-0.3, -0.25) is 0 Å². The third kappa shape index (κ3) is 5.55. The molecule has 0 spiro atoms. The molecule has 0 fully saturated rings. The summed E-state index contributed by atoms with van der Waals surface area (Å²) in [6, 6.07) is 76.9. The predicted octanol–water partition coefficient (Wildman–Crippen LogP) is 16.7. The van der Waals surface area contributed by atoms with Crippen LogP contribution in [0.25, 0.3) is 97.0 Å². The van der Waals surface area contributed by atoms with Crippen molar-refractivity contribution in [1.29, 1.82) is 0 Å². The normalized spacial score (nSPS) is 11.7. The van der Waals surface area contributed by atoms with Gasteiger partial charge in [-0.05, 0) is 110 Å². The molecule has 276 valence electrons. The van der Waals surface area contributed by atoms with E-state index in [1.165, 1.54) is 64.0 Å². The molecule has 0 aliphatic carbocycles. The summed E-state index contributed by atoms with van der Waals surface area (Å²) in [6.07, 6.45) is 0. The van der Waals surface area contributed by atoms with E-state index >= 15 is 0 Å². The Hall–Kier alpha value is -7.46. The Morgan fingerprint density at radius 1 is 0.322 bits per heavy atom. The van der Waals surface area contributed by atoms with Gasteiger partial charge in [-0.25, -0.2) is 0 Å². The van der Waals surface area contributed by atoms with E-state index in [2.05, 4.69) is 205 Å². The highest BCUT2D eigenvalue weighted by molar-refractivity contribution is 7.27. The minimum Gasteiger partial charge on any atom is -0.456 e. The Morgan fingerprint density at radius 3 is 1.69 bits per heavy atom. The average Bonchev–Trinajstić information content (AvgIpc) is 3.88. The molecule has 2 heterocycles. The van der Waals surface area contributed by atoms with E-state index < -0.39 is 0 Å². The maximum Gasteiger partial charge on any atom is 0.136 e. The van der Waals surface area contributed by atoms with Gasteiger partial charge >= 0.3 is 0 Å². The van der Waals surface area contributed by atoms with Crippen LogP contribution in [0.1, 0.15) is 0 Å². The fourth-order valence-corrected chi connectivity index (χ4v) is 10.4. The highest BCUT2D eigenvalue weighted by Crippen LogP contribution is 2.48. The summed E-state index contributed by atoms with van der Waals surface area (Å²) in [6.45, 7) is 0.